The van der Waals surface area contributed by atoms with Gasteiger partial charge in [0, 0.05) is 31.7 Å². The van der Waals surface area contributed by atoms with Crippen LogP contribution in [0, 0.1) is 5.92 Å². The quantitative estimate of drug-likeness (QED) is 0.905. The molecular weight excluding hydrogens is 292 g/mol. The number of piperidine rings is 1. The van der Waals surface area contributed by atoms with Crippen molar-refractivity contribution in [3.63, 3.8) is 0 Å². The minimum Gasteiger partial charge on any atom is -0.472 e. The van der Waals surface area contributed by atoms with E-state index in [1.807, 2.05) is 12.3 Å². The molecule has 1 unspecified atom stereocenters. The molecule has 3 fully saturated rings. The number of nitrogens with one attached hydrogen (secondary N) is 1. The van der Waals surface area contributed by atoms with E-state index in [0.29, 0.717) is 0 Å². The van der Waals surface area contributed by atoms with Crippen molar-refractivity contribution >= 4 is 5.91 Å². The Kier molecular flexibility index (Phi) is 4.16. The van der Waals surface area contributed by atoms with Crippen LogP contribution in [0.2, 0.25) is 0 Å². The van der Waals surface area contributed by atoms with Gasteiger partial charge in [0.15, 0.2) is 0 Å². The SMILES string of the molecule is O=C(NCC1CC1)C1CCC2(CCN(Cc3ccoc3)CC2)O1. The zero-order valence-corrected chi connectivity index (χ0v) is 13.6. The maximum Gasteiger partial charge on any atom is 0.249 e. The number of carbonyl (C=O) groups is 1. The molecule has 126 valence electrons. The van der Waals surface area contributed by atoms with E-state index in [9.17, 15) is 4.79 Å². The molecule has 4 rings (SSSR count). The van der Waals surface area contributed by atoms with Gasteiger partial charge in [-0.2, -0.15) is 0 Å². The van der Waals surface area contributed by atoms with Crippen LogP contribution in [0.4, 0.5) is 0 Å². The van der Waals surface area contributed by atoms with E-state index >= 15 is 0 Å². The Hall–Kier alpha value is -1.33. The van der Waals surface area contributed by atoms with Crippen molar-refractivity contribution in [1.82, 2.24) is 10.2 Å². The predicted octanol–water partition coefficient (Wildman–Crippen LogP) is 2.32. The largest absolute Gasteiger partial charge is 0.472 e. The van der Waals surface area contributed by atoms with Gasteiger partial charge in [-0.05, 0) is 50.5 Å². The van der Waals surface area contributed by atoms with Gasteiger partial charge in [-0.25, -0.2) is 0 Å². The molecule has 0 radical (unpaired) electrons. The maximum atomic E-state index is 12.2. The van der Waals surface area contributed by atoms with Crippen molar-refractivity contribution in [3.8, 4) is 0 Å². The van der Waals surface area contributed by atoms with Crippen molar-refractivity contribution < 1.29 is 13.9 Å². The molecule has 2 aliphatic heterocycles. The summed E-state index contributed by atoms with van der Waals surface area (Å²) in [5.41, 5.74) is 1.17. The van der Waals surface area contributed by atoms with E-state index in [-0.39, 0.29) is 17.6 Å². The van der Waals surface area contributed by atoms with Crippen molar-refractivity contribution in [1.29, 1.82) is 0 Å². The number of nitrogens with zero attached hydrogens (tertiary/aromatic N) is 1. The van der Waals surface area contributed by atoms with Gasteiger partial charge in [-0.1, -0.05) is 0 Å². The van der Waals surface area contributed by atoms with Gasteiger partial charge in [0.1, 0.15) is 6.10 Å². The first kappa shape index (κ1) is 15.2. The smallest absolute Gasteiger partial charge is 0.249 e. The highest BCUT2D eigenvalue weighted by atomic mass is 16.5. The number of hydrogen-bond acceptors (Lipinski definition) is 4. The summed E-state index contributed by atoms with van der Waals surface area (Å²) in [6, 6.07) is 2.02. The van der Waals surface area contributed by atoms with E-state index in [4.69, 9.17) is 9.15 Å². The molecule has 5 heteroatoms. The van der Waals surface area contributed by atoms with Crippen LogP contribution in [-0.2, 0) is 16.1 Å². The summed E-state index contributed by atoms with van der Waals surface area (Å²) < 4.78 is 11.4. The van der Waals surface area contributed by atoms with Crippen molar-refractivity contribution in [2.45, 2.75) is 56.8 Å². The number of hydrogen-bond donors (Lipinski definition) is 1. The van der Waals surface area contributed by atoms with Crippen LogP contribution in [0.25, 0.3) is 0 Å². The lowest BCUT2D eigenvalue weighted by Crippen LogP contribution is -2.45. The Morgan fingerprint density at radius 1 is 1.26 bits per heavy atom. The molecule has 1 atom stereocenters. The predicted molar refractivity (Wildman–Crippen MR) is 85.8 cm³/mol. The minimum absolute atomic E-state index is 0.0610. The summed E-state index contributed by atoms with van der Waals surface area (Å²) in [5.74, 6) is 0.829. The van der Waals surface area contributed by atoms with E-state index in [0.717, 1.165) is 57.8 Å². The van der Waals surface area contributed by atoms with Gasteiger partial charge in [-0.3, -0.25) is 9.69 Å². The van der Waals surface area contributed by atoms with Gasteiger partial charge in [0.2, 0.25) is 5.91 Å². The Morgan fingerprint density at radius 2 is 2.09 bits per heavy atom. The van der Waals surface area contributed by atoms with E-state index in [1.165, 1.54) is 18.4 Å². The summed E-state index contributed by atoms with van der Waals surface area (Å²) in [5, 5.41) is 3.06. The average molecular weight is 318 g/mol. The van der Waals surface area contributed by atoms with Crippen molar-refractivity contribution in [3.05, 3.63) is 24.2 Å². The van der Waals surface area contributed by atoms with Crippen LogP contribution < -0.4 is 5.32 Å². The number of amides is 1. The first-order valence-corrected chi connectivity index (χ1v) is 8.91. The first-order valence-electron chi connectivity index (χ1n) is 8.91. The van der Waals surface area contributed by atoms with Crippen LogP contribution in [0.3, 0.4) is 0 Å². The number of rotatable bonds is 5. The lowest BCUT2D eigenvalue weighted by atomic mass is 9.88. The highest BCUT2D eigenvalue weighted by Gasteiger charge is 2.44. The Labute approximate surface area is 137 Å². The Balaban J connectivity index is 1.25. The van der Waals surface area contributed by atoms with Crippen LogP contribution in [-0.4, -0.2) is 42.1 Å². The second-order valence-electron chi connectivity index (χ2n) is 7.42. The van der Waals surface area contributed by atoms with Crippen molar-refractivity contribution in [2.75, 3.05) is 19.6 Å². The van der Waals surface area contributed by atoms with Crippen LogP contribution in [0.1, 0.15) is 44.1 Å². The number of carbonyl (C=O) groups excluding carboxylic acids is 1. The van der Waals surface area contributed by atoms with Crippen LogP contribution in [0.5, 0.6) is 0 Å². The van der Waals surface area contributed by atoms with Gasteiger partial charge < -0.3 is 14.5 Å². The third kappa shape index (κ3) is 3.61. The molecule has 23 heavy (non-hydrogen) atoms. The normalized spacial score (nSPS) is 27.4. The minimum atomic E-state index is -0.228. The highest BCUT2D eigenvalue weighted by molar-refractivity contribution is 5.81. The molecule has 1 N–H and O–H groups in total. The van der Waals surface area contributed by atoms with E-state index in [2.05, 4.69) is 10.2 Å². The van der Waals surface area contributed by atoms with Gasteiger partial charge in [-0.15, -0.1) is 0 Å². The molecule has 0 aromatic carbocycles. The van der Waals surface area contributed by atoms with Crippen LogP contribution >= 0.6 is 0 Å². The Morgan fingerprint density at radius 3 is 2.78 bits per heavy atom. The molecule has 2 saturated heterocycles. The summed E-state index contributed by atoms with van der Waals surface area (Å²) in [4.78, 5) is 14.7. The van der Waals surface area contributed by atoms with Gasteiger partial charge in [0.25, 0.3) is 0 Å². The highest BCUT2D eigenvalue weighted by Crippen LogP contribution is 2.39. The molecule has 1 saturated carbocycles. The molecule has 1 aromatic heterocycles. The van der Waals surface area contributed by atoms with Crippen LogP contribution in [0.15, 0.2) is 23.0 Å². The first-order chi connectivity index (χ1) is 11.2. The second kappa shape index (κ2) is 6.29. The standard InChI is InChI=1S/C18H26N2O3/c21-17(19-11-14-1-2-14)16-3-5-18(23-16)6-8-20(9-7-18)12-15-4-10-22-13-15/h4,10,13-14,16H,1-3,5-9,11-12H2,(H,19,21). The molecule has 1 amide bonds. The molecule has 5 nitrogen and oxygen atoms in total. The topological polar surface area (TPSA) is 54.7 Å². The number of furan rings is 1. The third-order valence-corrected chi connectivity index (χ3v) is 5.56. The zero-order valence-electron chi connectivity index (χ0n) is 13.6. The molecule has 0 bridgehead atoms. The lowest BCUT2D eigenvalue weighted by molar-refractivity contribution is -0.140. The summed E-state index contributed by atoms with van der Waals surface area (Å²) >= 11 is 0. The summed E-state index contributed by atoms with van der Waals surface area (Å²) in [7, 11) is 0. The fourth-order valence-electron chi connectivity index (χ4n) is 3.81. The average Bonchev–Trinajstić information content (AvgIpc) is 3.08. The zero-order chi connectivity index (χ0) is 15.7. The van der Waals surface area contributed by atoms with E-state index < -0.39 is 0 Å². The molecular formula is C18H26N2O3. The molecule has 3 heterocycles. The maximum absolute atomic E-state index is 12.2. The molecule has 1 aromatic rings. The Bertz CT molecular complexity index is 530. The van der Waals surface area contributed by atoms with Crippen molar-refractivity contribution in [2.24, 2.45) is 5.92 Å². The molecule has 1 spiro atoms. The number of ether oxygens (including phenoxy) is 1. The lowest BCUT2D eigenvalue weighted by Gasteiger charge is -2.38. The monoisotopic (exact) mass is 318 g/mol. The molecule has 1 aliphatic carbocycles. The second-order valence-corrected chi connectivity index (χ2v) is 7.42. The fourth-order valence-corrected chi connectivity index (χ4v) is 3.81. The van der Waals surface area contributed by atoms with Gasteiger partial charge >= 0.3 is 0 Å². The van der Waals surface area contributed by atoms with Gasteiger partial charge in [0.05, 0.1) is 18.1 Å². The fraction of sp³-hybridized carbons (Fsp3) is 0.722. The number of likely N-dealkylation sites (tertiary alicyclic amines) is 1. The third-order valence-electron chi connectivity index (χ3n) is 5.56. The summed E-state index contributed by atoms with van der Waals surface area (Å²) in [6.07, 6.45) is 9.79. The molecule has 3 aliphatic rings. The van der Waals surface area contributed by atoms with E-state index in [1.54, 1.807) is 6.26 Å². The summed E-state index contributed by atoms with van der Waals surface area (Å²) in [6.45, 7) is 3.84.